The Balaban J connectivity index is 1.39. The number of carbonyl (C=O) groups is 1. The summed E-state index contributed by atoms with van der Waals surface area (Å²) in [6, 6.07) is 10.6. The lowest BCUT2D eigenvalue weighted by molar-refractivity contribution is -0.200. The summed E-state index contributed by atoms with van der Waals surface area (Å²) in [6.07, 6.45) is 16.5. The Morgan fingerprint density at radius 3 is 2.42 bits per heavy atom. The fourth-order valence-corrected chi connectivity index (χ4v) is 6.46. The van der Waals surface area contributed by atoms with Crippen LogP contribution in [-0.4, -0.2) is 60.3 Å². The molecule has 7 heteroatoms. The van der Waals surface area contributed by atoms with E-state index in [-0.39, 0.29) is 43.0 Å². The summed E-state index contributed by atoms with van der Waals surface area (Å²) < 4.78 is 24.9. The van der Waals surface area contributed by atoms with Gasteiger partial charge in [0.2, 0.25) is 0 Å². The maximum absolute atomic E-state index is 11.1. The molecular weight excluding hydrogens is 508 g/mol. The highest BCUT2D eigenvalue weighted by Gasteiger charge is 2.43. The first-order chi connectivity index (χ1) is 19.6. The van der Waals surface area contributed by atoms with Crippen molar-refractivity contribution < 1.29 is 34.0 Å². The molecule has 224 valence electrons. The molecule has 0 bridgehead atoms. The summed E-state index contributed by atoms with van der Waals surface area (Å²) in [5, 5.41) is 20.0. The summed E-state index contributed by atoms with van der Waals surface area (Å²) in [5.74, 6) is -0.448. The molecule has 7 atom stereocenters. The SMILES string of the molecule is O=C(O)CCC/C=C\C[C@H]1[C@@H](O)CC(OC2CCCCO2)[C@@H]1CC[C@H](CCc1ccccc1)OC1CCCCO1. The maximum Gasteiger partial charge on any atom is 0.303 e. The van der Waals surface area contributed by atoms with Crippen molar-refractivity contribution >= 4 is 5.97 Å². The molecule has 4 rings (SSSR count). The minimum Gasteiger partial charge on any atom is -0.481 e. The highest BCUT2D eigenvalue weighted by Crippen LogP contribution is 2.41. The molecule has 2 N–H and O–H groups in total. The van der Waals surface area contributed by atoms with Crippen LogP contribution in [0.25, 0.3) is 0 Å². The van der Waals surface area contributed by atoms with Crippen LogP contribution in [-0.2, 0) is 30.2 Å². The number of carboxylic acid groups (broad SMARTS) is 1. The van der Waals surface area contributed by atoms with Crippen molar-refractivity contribution in [2.75, 3.05) is 13.2 Å². The molecule has 1 aromatic rings. The minimum absolute atomic E-state index is 0.0378. The van der Waals surface area contributed by atoms with Crippen LogP contribution in [0.2, 0.25) is 0 Å². The van der Waals surface area contributed by atoms with Gasteiger partial charge in [0.1, 0.15) is 0 Å². The highest BCUT2D eigenvalue weighted by atomic mass is 16.7. The molecule has 0 spiro atoms. The van der Waals surface area contributed by atoms with E-state index in [9.17, 15) is 9.90 Å². The number of unbranched alkanes of at least 4 members (excludes halogenated alkanes) is 1. The monoisotopic (exact) mass is 558 g/mol. The first-order valence-corrected chi connectivity index (χ1v) is 15.7. The molecule has 2 heterocycles. The molecule has 40 heavy (non-hydrogen) atoms. The zero-order chi connectivity index (χ0) is 28.0. The second-order valence-electron chi connectivity index (χ2n) is 11.8. The van der Waals surface area contributed by atoms with Gasteiger partial charge in [-0.2, -0.15) is 0 Å². The molecule has 3 unspecified atom stereocenters. The predicted molar refractivity (Wildman–Crippen MR) is 154 cm³/mol. The third-order valence-corrected chi connectivity index (χ3v) is 8.70. The molecule has 0 aromatic heterocycles. The Kier molecular flexibility index (Phi) is 13.4. The van der Waals surface area contributed by atoms with Crippen LogP contribution < -0.4 is 0 Å². The number of aryl methyl sites for hydroxylation is 1. The van der Waals surface area contributed by atoms with Gasteiger partial charge in [-0.3, -0.25) is 4.79 Å². The average molecular weight is 559 g/mol. The van der Waals surface area contributed by atoms with Gasteiger partial charge in [0, 0.05) is 26.1 Å². The van der Waals surface area contributed by atoms with Gasteiger partial charge in [-0.05, 0) is 101 Å². The molecule has 1 saturated carbocycles. The number of rotatable bonds is 16. The molecule has 2 saturated heterocycles. The first-order valence-electron chi connectivity index (χ1n) is 15.7. The number of aliphatic hydroxyl groups excluding tert-OH is 1. The van der Waals surface area contributed by atoms with Crippen LogP contribution >= 0.6 is 0 Å². The largest absolute Gasteiger partial charge is 0.481 e. The zero-order valence-electron chi connectivity index (χ0n) is 24.0. The number of carboxylic acids is 1. The van der Waals surface area contributed by atoms with E-state index in [1.807, 2.05) is 0 Å². The van der Waals surface area contributed by atoms with E-state index in [1.54, 1.807) is 0 Å². The molecule has 0 amide bonds. The van der Waals surface area contributed by atoms with Crippen molar-refractivity contribution in [3.8, 4) is 0 Å². The number of aliphatic carboxylic acids is 1. The lowest BCUT2D eigenvalue weighted by atomic mass is 9.85. The van der Waals surface area contributed by atoms with Crippen molar-refractivity contribution in [1.82, 2.24) is 0 Å². The van der Waals surface area contributed by atoms with Crippen LogP contribution in [0.3, 0.4) is 0 Å². The maximum atomic E-state index is 11.1. The Morgan fingerprint density at radius 2 is 1.73 bits per heavy atom. The molecule has 7 nitrogen and oxygen atoms in total. The smallest absolute Gasteiger partial charge is 0.303 e. The van der Waals surface area contributed by atoms with Gasteiger partial charge < -0.3 is 29.2 Å². The zero-order valence-corrected chi connectivity index (χ0v) is 24.0. The number of hydrogen-bond donors (Lipinski definition) is 2. The van der Waals surface area contributed by atoms with Gasteiger partial charge in [0.05, 0.1) is 18.3 Å². The molecule has 1 aliphatic carbocycles. The molecular formula is C33H50O7. The van der Waals surface area contributed by atoms with Gasteiger partial charge >= 0.3 is 5.97 Å². The van der Waals surface area contributed by atoms with E-state index in [0.29, 0.717) is 12.8 Å². The van der Waals surface area contributed by atoms with Gasteiger partial charge in [-0.1, -0.05) is 42.5 Å². The minimum atomic E-state index is -0.757. The summed E-state index contributed by atoms with van der Waals surface area (Å²) in [7, 11) is 0. The third-order valence-electron chi connectivity index (χ3n) is 8.70. The lowest BCUT2D eigenvalue weighted by Crippen LogP contribution is -2.33. The van der Waals surface area contributed by atoms with E-state index >= 15 is 0 Å². The Morgan fingerprint density at radius 1 is 0.975 bits per heavy atom. The molecule has 2 aliphatic heterocycles. The van der Waals surface area contributed by atoms with Crippen molar-refractivity contribution in [3.05, 3.63) is 48.0 Å². The Bertz CT molecular complexity index is 863. The number of benzene rings is 1. The average Bonchev–Trinajstić information content (AvgIpc) is 3.26. The second-order valence-corrected chi connectivity index (χ2v) is 11.8. The molecule has 3 aliphatic rings. The van der Waals surface area contributed by atoms with E-state index in [4.69, 9.17) is 24.1 Å². The second kappa shape index (κ2) is 17.2. The summed E-state index contributed by atoms with van der Waals surface area (Å²) in [6.45, 7) is 1.51. The normalized spacial score (nSPS) is 30.0. The first kappa shape index (κ1) is 31.2. The van der Waals surface area contributed by atoms with Crippen LogP contribution in [0.1, 0.15) is 95.5 Å². The molecule has 0 radical (unpaired) electrons. The van der Waals surface area contributed by atoms with Crippen molar-refractivity contribution in [2.24, 2.45) is 11.8 Å². The fraction of sp³-hybridized carbons (Fsp3) is 0.727. The molecule has 3 fully saturated rings. The topological polar surface area (TPSA) is 94.5 Å². The van der Waals surface area contributed by atoms with Crippen molar-refractivity contribution in [2.45, 2.75) is 127 Å². The van der Waals surface area contributed by atoms with Crippen molar-refractivity contribution in [1.29, 1.82) is 0 Å². The summed E-state index contributed by atoms with van der Waals surface area (Å²) in [4.78, 5) is 10.8. The third kappa shape index (κ3) is 10.6. The van der Waals surface area contributed by atoms with Crippen LogP contribution in [0.15, 0.2) is 42.5 Å². The van der Waals surface area contributed by atoms with Crippen LogP contribution in [0.4, 0.5) is 0 Å². The molecule has 1 aromatic carbocycles. The van der Waals surface area contributed by atoms with E-state index < -0.39 is 12.1 Å². The Hall–Kier alpha value is -1.77. The summed E-state index contributed by atoms with van der Waals surface area (Å²) >= 11 is 0. The number of hydrogen-bond acceptors (Lipinski definition) is 6. The van der Waals surface area contributed by atoms with Gasteiger partial charge in [-0.15, -0.1) is 0 Å². The van der Waals surface area contributed by atoms with Crippen molar-refractivity contribution in [3.63, 3.8) is 0 Å². The Labute approximate surface area is 240 Å². The quantitative estimate of drug-likeness (QED) is 0.179. The van der Waals surface area contributed by atoms with Crippen LogP contribution in [0, 0.1) is 11.8 Å². The standard InChI is InChI=1S/C33H50O7/c34-29-24-30(40-33-17-9-11-23-38-33)28(27(29)14-6-1-2-7-15-31(35)36)21-20-26(39-32-16-8-10-22-37-32)19-18-25-12-4-3-5-13-25/h1,3-6,12-13,26-30,32-34H,2,7-11,14-24H2,(H,35,36)/b6-1-/t26-,27+,28+,29-,30?,32?,33?/m0/s1. The van der Waals surface area contributed by atoms with E-state index in [2.05, 4.69) is 42.5 Å². The number of allylic oxidation sites excluding steroid dienone is 2. The highest BCUT2D eigenvalue weighted by molar-refractivity contribution is 5.66. The van der Waals surface area contributed by atoms with Crippen LogP contribution in [0.5, 0.6) is 0 Å². The van der Waals surface area contributed by atoms with Gasteiger partial charge in [0.15, 0.2) is 12.6 Å². The fourth-order valence-electron chi connectivity index (χ4n) is 6.46. The number of ether oxygens (including phenoxy) is 4. The predicted octanol–water partition coefficient (Wildman–Crippen LogP) is 6.42. The van der Waals surface area contributed by atoms with E-state index in [1.165, 1.54) is 5.56 Å². The van der Waals surface area contributed by atoms with Gasteiger partial charge in [0.25, 0.3) is 0 Å². The number of aliphatic hydroxyl groups is 1. The van der Waals surface area contributed by atoms with Gasteiger partial charge in [-0.25, -0.2) is 0 Å². The van der Waals surface area contributed by atoms with E-state index in [0.717, 1.165) is 90.3 Å². The lowest BCUT2D eigenvalue weighted by Gasteiger charge is -2.32. The summed E-state index contributed by atoms with van der Waals surface area (Å²) in [5.41, 5.74) is 1.32.